The van der Waals surface area contributed by atoms with Crippen LogP contribution in [0.5, 0.6) is 0 Å². The van der Waals surface area contributed by atoms with E-state index in [1.807, 2.05) is 91.0 Å². The fourth-order valence-corrected chi connectivity index (χ4v) is 4.07. The summed E-state index contributed by atoms with van der Waals surface area (Å²) >= 11 is 0. The zero-order valence-corrected chi connectivity index (χ0v) is 18.9. The summed E-state index contributed by atoms with van der Waals surface area (Å²) in [5.74, 6) is 0.273. The van der Waals surface area contributed by atoms with Crippen LogP contribution in [0.15, 0.2) is 81.6 Å². The Morgan fingerprint density at radius 3 is 1.38 bits per heavy atom. The van der Waals surface area contributed by atoms with E-state index in [-0.39, 0.29) is 11.6 Å². The Morgan fingerprint density at radius 2 is 1.00 bits per heavy atom. The Bertz CT molecular complexity index is 1460. The van der Waals surface area contributed by atoms with E-state index in [0.717, 1.165) is 21.9 Å². The molecule has 4 nitrogen and oxygen atoms in total. The lowest BCUT2D eigenvalue weighted by Gasteiger charge is -1.97. The first-order chi connectivity index (χ1) is 16.5. The second-order valence-corrected chi connectivity index (χ2v) is 8.13. The Hall–Kier alpha value is -4.44. The molecule has 34 heavy (non-hydrogen) atoms. The molecule has 5 rings (SSSR count). The van der Waals surface area contributed by atoms with Gasteiger partial charge in [-0.2, -0.15) is 0 Å². The van der Waals surface area contributed by atoms with Gasteiger partial charge in [-0.05, 0) is 29.3 Å². The van der Waals surface area contributed by atoms with Crippen LogP contribution in [0.4, 0.5) is 0 Å². The van der Waals surface area contributed by atoms with E-state index in [4.69, 9.17) is 8.83 Å². The van der Waals surface area contributed by atoms with E-state index in [9.17, 15) is 9.59 Å². The average Bonchev–Trinajstić information content (AvgIpc) is 3.39. The third-order valence-corrected chi connectivity index (χ3v) is 5.70. The first-order valence-corrected chi connectivity index (χ1v) is 11.0. The quantitative estimate of drug-likeness (QED) is 0.249. The number of carbonyl (C=O) groups excluding carboxylic acids is 2. The van der Waals surface area contributed by atoms with Gasteiger partial charge in [-0.15, -0.1) is 0 Å². The molecule has 0 amide bonds. The van der Waals surface area contributed by atoms with Crippen LogP contribution in [-0.4, -0.2) is 11.6 Å². The molecule has 0 spiro atoms. The molecule has 0 fully saturated rings. The molecule has 2 aromatic heterocycles. The topological polar surface area (TPSA) is 60.4 Å². The second-order valence-electron chi connectivity index (χ2n) is 8.13. The van der Waals surface area contributed by atoms with Crippen LogP contribution in [0.1, 0.15) is 57.2 Å². The van der Waals surface area contributed by atoms with Crippen LogP contribution >= 0.6 is 0 Å². The summed E-state index contributed by atoms with van der Waals surface area (Å²) in [7, 11) is 0. The molecule has 0 aliphatic rings. The number of Topliss-reactive ketones (excluding diaryl/α,β-unsaturated/α-hetero) is 2. The van der Waals surface area contributed by atoms with Gasteiger partial charge in [0.15, 0.2) is 23.1 Å². The van der Waals surface area contributed by atoms with Gasteiger partial charge < -0.3 is 8.83 Å². The zero-order chi connectivity index (χ0) is 23.7. The van der Waals surface area contributed by atoms with Crippen molar-refractivity contribution in [1.82, 2.24) is 0 Å². The highest BCUT2D eigenvalue weighted by molar-refractivity contribution is 6.10. The lowest BCUT2D eigenvalue weighted by atomic mass is 10.0. The minimum Gasteiger partial charge on any atom is -0.452 e. The number of rotatable bonds is 6. The van der Waals surface area contributed by atoms with E-state index in [1.165, 1.54) is 13.8 Å². The highest BCUT2D eigenvalue weighted by Gasteiger charge is 2.21. The molecule has 3 aromatic carbocycles. The predicted octanol–water partition coefficient (Wildman–Crippen LogP) is 7.93. The molecule has 166 valence electrons. The number of furan rings is 2. The molecule has 5 aromatic rings. The maximum Gasteiger partial charge on any atom is 0.195 e. The van der Waals surface area contributed by atoms with Gasteiger partial charge in [0.2, 0.25) is 0 Å². The summed E-state index contributed by atoms with van der Waals surface area (Å²) in [6.07, 6.45) is 7.70. The standard InChI is InChI=1S/C30H22O4/c1-19(31)29-23(15-13-21-9-5-3-6-10-21)25-17-26-24(16-14-22-11-7-4-8-12-22)30(20(2)32)34-28(26)18-27(25)33-29/h3-18H,1-2H3. The van der Waals surface area contributed by atoms with Crippen molar-refractivity contribution in [1.29, 1.82) is 0 Å². The molecule has 2 heterocycles. The number of ketones is 2. The van der Waals surface area contributed by atoms with Crippen molar-refractivity contribution in [3.05, 3.63) is 107 Å². The summed E-state index contributed by atoms with van der Waals surface area (Å²) in [5, 5.41) is 1.57. The molecule has 0 saturated heterocycles. The molecule has 0 aliphatic heterocycles. The summed E-state index contributed by atoms with van der Waals surface area (Å²) in [4.78, 5) is 24.7. The van der Waals surface area contributed by atoms with Crippen LogP contribution in [-0.2, 0) is 0 Å². The van der Waals surface area contributed by atoms with Crippen molar-refractivity contribution in [2.24, 2.45) is 0 Å². The summed E-state index contributed by atoms with van der Waals surface area (Å²) < 4.78 is 11.9. The predicted molar refractivity (Wildman–Crippen MR) is 137 cm³/mol. The fraction of sp³-hybridized carbons (Fsp3) is 0.0667. The van der Waals surface area contributed by atoms with Gasteiger partial charge in [-0.25, -0.2) is 0 Å². The molecule has 0 atom stereocenters. The molecule has 0 saturated carbocycles. The number of fused-ring (bicyclic) bond motifs is 2. The van der Waals surface area contributed by atoms with Crippen LogP contribution in [0, 0.1) is 0 Å². The summed E-state index contributed by atoms with van der Waals surface area (Å²) in [5.41, 5.74) is 4.51. The van der Waals surface area contributed by atoms with Crippen LogP contribution in [0.25, 0.3) is 46.2 Å². The van der Waals surface area contributed by atoms with E-state index in [2.05, 4.69) is 0 Å². The SMILES string of the molecule is CC(=O)c1oc2cc3oc(C(C)=O)c(C=Cc4ccccc4)c3cc2c1C=Cc1ccccc1. The van der Waals surface area contributed by atoms with Gasteiger partial charge in [0, 0.05) is 41.8 Å². The van der Waals surface area contributed by atoms with E-state index < -0.39 is 0 Å². The molecule has 4 heteroatoms. The second kappa shape index (κ2) is 8.83. The van der Waals surface area contributed by atoms with Gasteiger partial charge >= 0.3 is 0 Å². The molecule has 0 radical (unpaired) electrons. The monoisotopic (exact) mass is 446 g/mol. The van der Waals surface area contributed by atoms with Crippen molar-refractivity contribution in [2.45, 2.75) is 13.8 Å². The number of hydrogen-bond acceptors (Lipinski definition) is 4. The molecular formula is C30H22O4. The number of carbonyl (C=O) groups is 2. The summed E-state index contributed by atoms with van der Waals surface area (Å²) in [6.45, 7) is 2.98. The zero-order valence-electron chi connectivity index (χ0n) is 18.9. The van der Waals surface area contributed by atoms with Crippen molar-refractivity contribution >= 4 is 57.8 Å². The Labute approximate surface area is 196 Å². The Kier molecular flexibility index (Phi) is 5.56. The molecule has 0 aliphatic carbocycles. The lowest BCUT2D eigenvalue weighted by Crippen LogP contribution is -1.91. The molecule has 0 N–H and O–H groups in total. The number of benzene rings is 3. The minimum absolute atomic E-state index is 0.158. The fourth-order valence-electron chi connectivity index (χ4n) is 4.07. The third kappa shape index (κ3) is 4.02. The number of hydrogen-bond donors (Lipinski definition) is 0. The van der Waals surface area contributed by atoms with Gasteiger partial charge in [0.05, 0.1) is 0 Å². The lowest BCUT2D eigenvalue weighted by molar-refractivity contribution is 0.0982. The minimum atomic E-state index is -0.158. The molecular weight excluding hydrogens is 424 g/mol. The molecule has 0 bridgehead atoms. The summed E-state index contributed by atoms with van der Waals surface area (Å²) in [6, 6.07) is 23.4. The third-order valence-electron chi connectivity index (χ3n) is 5.70. The van der Waals surface area contributed by atoms with Crippen molar-refractivity contribution in [2.75, 3.05) is 0 Å². The van der Waals surface area contributed by atoms with E-state index >= 15 is 0 Å². The first kappa shape index (κ1) is 21.4. The van der Waals surface area contributed by atoms with Crippen molar-refractivity contribution in [3.8, 4) is 0 Å². The van der Waals surface area contributed by atoms with Crippen LogP contribution in [0.2, 0.25) is 0 Å². The van der Waals surface area contributed by atoms with Gasteiger partial charge in [0.1, 0.15) is 11.2 Å². The maximum atomic E-state index is 12.3. The van der Waals surface area contributed by atoms with Crippen LogP contribution in [0.3, 0.4) is 0 Å². The van der Waals surface area contributed by atoms with Crippen molar-refractivity contribution < 1.29 is 18.4 Å². The smallest absolute Gasteiger partial charge is 0.195 e. The highest BCUT2D eigenvalue weighted by Crippen LogP contribution is 2.36. The maximum absolute atomic E-state index is 12.3. The highest BCUT2D eigenvalue weighted by atomic mass is 16.4. The van der Waals surface area contributed by atoms with E-state index in [1.54, 1.807) is 6.07 Å². The molecule has 0 unspecified atom stereocenters. The normalized spacial score (nSPS) is 11.8. The largest absolute Gasteiger partial charge is 0.452 e. The first-order valence-electron chi connectivity index (χ1n) is 11.0. The van der Waals surface area contributed by atoms with Gasteiger partial charge in [0.25, 0.3) is 0 Å². The Balaban J connectivity index is 1.71. The Morgan fingerprint density at radius 1 is 0.588 bits per heavy atom. The van der Waals surface area contributed by atoms with Gasteiger partial charge in [-0.3, -0.25) is 9.59 Å². The van der Waals surface area contributed by atoms with Crippen molar-refractivity contribution in [3.63, 3.8) is 0 Å². The average molecular weight is 447 g/mol. The van der Waals surface area contributed by atoms with Crippen LogP contribution < -0.4 is 0 Å². The van der Waals surface area contributed by atoms with Gasteiger partial charge in [-0.1, -0.05) is 72.8 Å². The van der Waals surface area contributed by atoms with E-state index in [0.29, 0.717) is 33.8 Å².